The quantitative estimate of drug-likeness (QED) is 0.387. The highest BCUT2D eigenvalue weighted by Gasteiger charge is 2.16. The molecule has 6 nitrogen and oxygen atoms in total. The number of thiazole rings is 1. The molecule has 0 spiro atoms. The molecule has 2 aromatic carbocycles. The molecular formula is C26H22N4O2S. The van der Waals surface area contributed by atoms with Gasteiger partial charge in [0, 0.05) is 29.0 Å². The van der Waals surface area contributed by atoms with Gasteiger partial charge in [-0.3, -0.25) is 9.78 Å². The first-order valence-corrected chi connectivity index (χ1v) is 11.3. The van der Waals surface area contributed by atoms with Crippen molar-refractivity contribution >= 4 is 17.2 Å². The van der Waals surface area contributed by atoms with Crippen LogP contribution in [-0.4, -0.2) is 15.9 Å². The van der Waals surface area contributed by atoms with E-state index in [2.05, 4.69) is 21.4 Å². The molecule has 4 rings (SSSR count). The molecule has 7 heteroatoms. The summed E-state index contributed by atoms with van der Waals surface area (Å²) in [7, 11) is 0. The summed E-state index contributed by atoms with van der Waals surface area (Å²) in [6.07, 6.45) is 3.42. The number of benzene rings is 2. The number of aromatic nitrogens is 2. The Balaban J connectivity index is 1.70. The van der Waals surface area contributed by atoms with Crippen LogP contribution >= 0.6 is 11.3 Å². The minimum absolute atomic E-state index is 0.230. The van der Waals surface area contributed by atoms with E-state index in [9.17, 15) is 10.1 Å². The molecule has 1 amide bonds. The van der Waals surface area contributed by atoms with Gasteiger partial charge >= 0.3 is 0 Å². The fourth-order valence-electron chi connectivity index (χ4n) is 3.41. The van der Waals surface area contributed by atoms with Gasteiger partial charge in [-0.05, 0) is 73.4 Å². The normalized spacial score (nSPS) is 11.5. The highest BCUT2D eigenvalue weighted by molar-refractivity contribution is 7.11. The van der Waals surface area contributed by atoms with Crippen molar-refractivity contribution in [3.8, 4) is 28.1 Å². The van der Waals surface area contributed by atoms with Gasteiger partial charge < -0.3 is 10.1 Å². The van der Waals surface area contributed by atoms with E-state index in [0.29, 0.717) is 22.1 Å². The zero-order valence-electron chi connectivity index (χ0n) is 18.5. The Morgan fingerprint density at radius 1 is 1.12 bits per heavy atom. The summed E-state index contributed by atoms with van der Waals surface area (Å²) in [6, 6.07) is 16.8. The highest BCUT2D eigenvalue weighted by atomic mass is 32.1. The van der Waals surface area contributed by atoms with Crippen molar-refractivity contribution < 1.29 is 9.53 Å². The summed E-state index contributed by atoms with van der Waals surface area (Å²) < 4.78 is 5.91. The molecule has 0 saturated carbocycles. The van der Waals surface area contributed by atoms with Crippen LogP contribution in [0.4, 0.5) is 0 Å². The van der Waals surface area contributed by atoms with E-state index < -0.39 is 0 Å². The molecule has 0 aliphatic carbocycles. The Morgan fingerprint density at radius 2 is 1.97 bits per heavy atom. The Hall–Kier alpha value is -4.02. The van der Waals surface area contributed by atoms with E-state index in [4.69, 9.17) is 4.74 Å². The molecule has 0 aliphatic heterocycles. The largest absolute Gasteiger partial charge is 0.431 e. The average molecular weight is 455 g/mol. The molecular weight excluding hydrogens is 432 g/mol. The van der Waals surface area contributed by atoms with E-state index in [0.717, 1.165) is 27.9 Å². The molecule has 0 saturated heterocycles. The summed E-state index contributed by atoms with van der Waals surface area (Å²) >= 11 is 1.36. The van der Waals surface area contributed by atoms with Crippen molar-refractivity contribution in [2.45, 2.75) is 26.8 Å². The van der Waals surface area contributed by atoms with Crippen LogP contribution < -0.4 is 10.1 Å². The van der Waals surface area contributed by atoms with Gasteiger partial charge in [-0.1, -0.05) is 29.5 Å². The lowest BCUT2D eigenvalue weighted by atomic mass is 9.96. The predicted octanol–water partition coefficient (Wildman–Crippen LogP) is 5.98. The molecule has 33 heavy (non-hydrogen) atoms. The number of carbonyl (C=O) groups excluding carboxylic acids is 1. The maximum atomic E-state index is 13.2. The lowest BCUT2D eigenvalue weighted by Gasteiger charge is -2.16. The van der Waals surface area contributed by atoms with Crippen LogP contribution in [0.15, 0.2) is 66.3 Å². The third kappa shape index (κ3) is 5.25. The highest BCUT2D eigenvalue weighted by Crippen LogP contribution is 2.32. The Bertz CT molecular complexity index is 1330. The van der Waals surface area contributed by atoms with Crippen LogP contribution in [0.5, 0.6) is 10.9 Å². The smallest absolute Gasteiger partial charge is 0.278 e. The summed E-state index contributed by atoms with van der Waals surface area (Å²) in [6.45, 7) is 5.77. The molecule has 2 aromatic heterocycles. The number of aryl methyl sites for hydroxylation is 2. The molecule has 2 heterocycles. The number of hydrogen-bond acceptors (Lipinski definition) is 6. The molecule has 0 unspecified atom stereocenters. The Morgan fingerprint density at radius 3 is 2.67 bits per heavy atom. The van der Waals surface area contributed by atoms with Gasteiger partial charge in [0.1, 0.15) is 5.75 Å². The van der Waals surface area contributed by atoms with Gasteiger partial charge in [-0.2, -0.15) is 5.26 Å². The van der Waals surface area contributed by atoms with Gasteiger partial charge in [0.25, 0.3) is 11.1 Å². The van der Waals surface area contributed by atoms with Crippen LogP contribution in [0.1, 0.15) is 45.7 Å². The van der Waals surface area contributed by atoms with Gasteiger partial charge in [0.15, 0.2) is 0 Å². The van der Waals surface area contributed by atoms with E-state index in [1.54, 1.807) is 24.5 Å². The number of hydrogen-bond donors (Lipinski definition) is 1. The number of nitrogens with one attached hydrogen (secondary N) is 1. The fourth-order valence-corrected chi connectivity index (χ4v) is 3.91. The van der Waals surface area contributed by atoms with E-state index >= 15 is 0 Å². The van der Waals surface area contributed by atoms with E-state index in [1.165, 1.54) is 11.3 Å². The van der Waals surface area contributed by atoms with Gasteiger partial charge in [0.05, 0.1) is 17.7 Å². The third-order valence-electron chi connectivity index (χ3n) is 5.17. The molecule has 0 radical (unpaired) electrons. The topological polar surface area (TPSA) is 87.9 Å². The number of rotatable bonds is 6. The Kier molecular flexibility index (Phi) is 6.48. The second kappa shape index (κ2) is 9.63. The number of pyridine rings is 1. The molecule has 1 atom stereocenters. The molecule has 0 aliphatic rings. The third-order valence-corrected chi connectivity index (χ3v) is 5.82. The first-order valence-electron chi connectivity index (χ1n) is 10.4. The summed E-state index contributed by atoms with van der Waals surface area (Å²) in [5.41, 5.74) is 5.23. The summed E-state index contributed by atoms with van der Waals surface area (Å²) in [5.74, 6) is 0.223. The monoisotopic (exact) mass is 454 g/mol. The standard InChI is InChI=1S/C26H22N4O2S/c1-16-4-7-24(22(10-16)14-27)20-11-21(13-23(12-20)32-26-28-8-9-33-26)25(31)30-18(3)19-6-5-17(2)29-15-19/h4-13,15,18H,1-3H3,(H,30,31)/t18-/m1/s1. The van der Waals surface area contributed by atoms with Gasteiger partial charge in [-0.25, -0.2) is 4.98 Å². The van der Waals surface area contributed by atoms with Crippen molar-refractivity contribution in [1.29, 1.82) is 5.26 Å². The zero-order valence-corrected chi connectivity index (χ0v) is 19.3. The van der Waals surface area contributed by atoms with Crippen LogP contribution in [0.3, 0.4) is 0 Å². The lowest BCUT2D eigenvalue weighted by molar-refractivity contribution is 0.0939. The predicted molar refractivity (Wildman–Crippen MR) is 128 cm³/mol. The molecule has 164 valence electrons. The Labute approximate surface area is 196 Å². The molecule has 0 fully saturated rings. The number of carbonyl (C=O) groups is 1. The molecule has 0 bridgehead atoms. The van der Waals surface area contributed by atoms with E-state index in [1.807, 2.05) is 62.5 Å². The SMILES string of the molecule is Cc1ccc(-c2cc(Oc3nccs3)cc(C(=O)N[C@H](C)c3ccc(C)nc3)c2)c(C#N)c1. The number of nitrogens with zero attached hydrogens (tertiary/aromatic N) is 3. The van der Waals surface area contributed by atoms with Crippen LogP contribution in [0.2, 0.25) is 0 Å². The van der Waals surface area contributed by atoms with E-state index in [-0.39, 0.29) is 11.9 Å². The van der Waals surface area contributed by atoms with Crippen molar-refractivity contribution in [1.82, 2.24) is 15.3 Å². The molecule has 4 aromatic rings. The van der Waals surface area contributed by atoms with Crippen LogP contribution in [0, 0.1) is 25.2 Å². The first-order chi connectivity index (χ1) is 15.9. The molecule has 1 N–H and O–H groups in total. The second-order valence-corrected chi connectivity index (χ2v) is 8.59. The summed E-state index contributed by atoms with van der Waals surface area (Å²) in [5, 5.41) is 15.0. The first kappa shape index (κ1) is 22.2. The van der Waals surface area contributed by atoms with Gasteiger partial charge in [-0.15, -0.1) is 0 Å². The van der Waals surface area contributed by atoms with Crippen molar-refractivity contribution in [2.75, 3.05) is 0 Å². The maximum absolute atomic E-state index is 13.2. The lowest BCUT2D eigenvalue weighted by Crippen LogP contribution is -2.26. The minimum atomic E-state index is -0.250. The fraction of sp³-hybridized carbons (Fsp3) is 0.154. The van der Waals surface area contributed by atoms with Crippen molar-refractivity contribution in [3.05, 3.63) is 94.3 Å². The number of nitriles is 1. The second-order valence-electron chi connectivity index (χ2n) is 7.74. The maximum Gasteiger partial charge on any atom is 0.278 e. The van der Waals surface area contributed by atoms with Crippen molar-refractivity contribution in [3.63, 3.8) is 0 Å². The minimum Gasteiger partial charge on any atom is -0.431 e. The van der Waals surface area contributed by atoms with Crippen LogP contribution in [0.25, 0.3) is 11.1 Å². The number of ether oxygens (including phenoxy) is 1. The average Bonchev–Trinajstić information content (AvgIpc) is 3.32. The van der Waals surface area contributed by atoms with Crippen molar-refractivity contribution in [2.24, 2.45) is 0 Å². The van der Waals surface area contributed by atoms with Crippen LogP contribution in [-0.2, 0) is 0 Å². The van der Waals surface area contributed by atoms with Gasteiger partial charge in [0.2, 0.25) is 0 Å². The zero-order chi connectivity index (χ0) is 23.4. The number of amides is 1. The summed E-state index contributed by atoms with van der Waals surface area (Å²) in [4.78, 5) is 21.7.